The first-order valence-corrected chi connectivity index (χ1v) is 10.1. The summed E-state index contributed by atoms with van der Waals surface area (Å²) in [6, 6.07) is 22.9. The van der Waals surface area contributed by atoms with Gasteiger partial charge in [-0.25, -0.2) is 4.39 Å². The van der Waals surface area contributed by atoms with E-state index in [1.54, 1.807) is 30.3 Å². The van der Waals surface area contributed by atoms with Gasteiger partial charge in [-0.2, -0.15) is 4.52 Å². The third-order valence-electron chi connectivity index (χ3n) is 4.97. The van der Waals surface area contributed by atoms with E-state index >= 15 is 0 Å². The number of hydrogen-bond acceptors (Lipinski definition) is 5. The van der Waals surface area contributed by atoms with Crippen molar-refractivity contribution in [1.29, 1.82) is 0 Å². The van der Waals surface area contributed by atoms with Crippen LogP contribution < -0.4 is 10.1 Å². The monoisotopic (exact) mass is 427 g/mol. The molecule has 0 fully saturated rings. The summed E-state index contributed by atoms with van der Waals surface area (Å²) in [6.45, 7) is 0.541. The predicted octanol–water partition coefficient (Wildman–Crippen LogP) is 3.89. The summed E-state index contributed by atoms with van der Waals surface area (Å²) < 4.78 is 20.7. The molecule has 7 nitrogen and oxygen atoms in total. The van der Waals surface area contributed by atoms with Crippen LogP contribution in [0.15, 0.2) is 78.9 Å². The van der Waals surface area contributed by atoms with Crippen LogP contribution in [0.5, 0.6) is 5.88 Å². The number of benzene rings is 3. The van der Waals surface area contributed by atoms with Gasteiger partial charge in [-0.05, 0) is 41.1 Å². The molecule has 0 aliphatic heterocycles. The van der Waals surface area contributed by atoms with Crippen LogP contribution >= 0.6 is 0 Å². The number of rotatable bonds is 6. The Labute approximate surface area is 182 Å². The number of ether oxygens (including phenoxy) is 1. The molecule has 0 saturated carbocycles. The number of fused-ring (bicyclic) bond motifs is 2. The quantitative estimate of drug-likeness (QED) is 0.416. The summed E-state index contributed by atoms with van der Waals surface area (Å²) >= 11 is 0. The fraction of sp³-hybridized carbons (Fsp3) is 0.0833. The number of halogens is 1. The van der Waals surface area contributed by atoms with Gasteiger partial charge in [0.25, 0.3) is 5.91 Å². The highest BCUT2D eigenvalue weighted by Gasteiger charge is 2.11. The predicted molar refractivity (Wildman–Crippen MR) is 118 cm³/mol. The molecule has 0 aliphatic rings. The van der Waals surface area contributed by atoms with Crippen molar-refractivity contribution in [3.05, 3.63) is 90.2 Å². The van der Waals surface area contributed by atoms with Crippen LogP contribution in [0, 0.1) is 5.82 Å². The Bertz CT molecular complexity index is 1430. The second-order valence-corrected chi connectivity index (χ2v) is 7.14. The highest BCUT2D eigenvalue weighted by atomic mass is 19.1. The molecule has 1 N–H and O–H groups in total. The number of amides is 1. The fourth-order valence-electron chi connectivity index (χ4n) is 3.41. The van der Waals surface area contributed by atoms with E-state index in [-0.39, 0.29) is 18.3 Å². The Morgan fingerprint density at radius 3 is 2.69 bits per heavy atom. The molecule has 158 valence electrons. The Morgan fingerprint density at radius 2 is 1.81 bits per heavy atom. The van der Waals surface area contributed by atoms with Gasteiger partial charge < -0.3 is 10.1 Å². The zero-order chi connectivity index (χ0) is 21.9. The van der Waals surface area contributed by atoms with Gasteiger partial charge in [-0.1, -0.05) is 42.5 Å². The SMILES string of the molecule is O=C(NCCOc1ccc2nnc(-c3cccc(F)c3)n2n1)c1ccc2ccccc2c1. The van der Waals surface area contributed by atoms with Crippen molar-refractivity contribution in [3.8, 4) is 17.3 Å². The van der Waals surface area contributed by atoms with Gasteiger partial charge in [0.1, 0.15) is 12.4 Å². The largest absolute Gasteiger partial charge is 0.475 e. The average Bonchev–Trinajstić information content (AvgIpc) is 3.25. The fourth-order valence-corrected chi connectivity index (χ4v) is 3.41. The van der Waals surface area contributed by atoms with Crippen molar-refractivity contribution < 1.29 is 13.9 Å². The van der Waals surface area contributed by atoms with Gasteiger partial charge in [0.05, 0.1) is 6.54 Å². The molecule has 3 aromatic carbocycles. The van der Waals surface area contributed by atoms with E-state index in [0.29, 0.717) is 35.0 Å². The van der Waals surface area contributed by atoms with Crippen LogP contribution in [-0.2, 0) is 0 Å². The Balaban J connectivity index is 1.23. The number of carbonyl (C=O) groups excluding carboxylic acids is 1. The maximum absolute atomic E-state index is 13.6. The van der Waals surface area contributed by atoms with Crippen molar-refractivity contribution in [2.75, 3.05) is 13.2 Å². The lowest BCUT2D eigenvalue weighted by atomic mass is 10.1. The molecule has 0 aliphatic carbocycles. The normalized spacial score (nSPS) is 11.0. The van der Waals surface area contributed by atoms with Crippen LogP contribution in [0.1, 0.15) is 10.4 Å². The van der Waals surface area contributed by atoms with Gasteiger partial charge >= 0.3 is 0 Å². The molecule has 0 radical (unpaired) electrons. The third kappa shape index (κ3) is 3.98. The Hall–Kier alpha value is -4.33. The molecular weight excluding hydrogens is 409 g/mol. The zero-order valence-corrected chi connectivity index (χ0v) is 16.9. The second kappa shape index (κ2) is 8.43. The molecule has 0 atom stereocenters. The van der Waals surface area contributed by atoms with Crippen LogP contribution in [0.4, 0.5) is 4.39 Å². The standard InChI is InChI=1S/C24H18FN5O2/c25-20-7-3-6-18(15-20)23-28-27-21-10-11-22(29-30(21)23)32-13-12-26-24(31)19-9-8-16-4-1-2-5-17(16)14-19/h1-11,14-15H,12-13H2,(H,26,31). The van der Waals surface area contributed by atoms with Gasteiger partial charge in [0.2, 0.25) is 5.88 Å². The van der Waals surface area contributed by atoms with Gasteiger partial charge in [-0.3, -0.25) is 4.79 Å². The lowest BCUT2D eigenvalue weighted by Crippen LogP contribution is -2.28. The number of nitrogens with zero attached hydrogens (tertiary/aromatic N) is 4. The number of carbonyl (C=O) groups is 1. The van der Waals surface area contributed by atoms with Gasteiger partial charge in [0, 0.05) is 17.2 Å². The average molecular weight is 427 g/mol. The van der Waals surface area contributed by atoms with Crippen LogP contribution in [0.3, 0.4) is 0 Å². The molecule has 5 rings (SSSR count). The summed E-state index contributed by atoms with van der Waals surface area (Å²) in [4.78, 5) is 12.4. The molecule has 0 unspecified atom stereocenters. The van der Waals surface area contributed by atoms with E-state index < -0.39 is 0 Å². The first-order valence-electron chi connectivity index (χ1n) is 10.1. The van der Waals surface area contributed by atoms with Gasteiger partial charge in [0.15, 0.2) is 11.5 Å². The molecule has 32 heavy (non-hydrogen) atoms. The summed E-state index contributed by atoms with van der Waals surface area (Å²) in [5.74, 6) is 0.216. The summed E-state index contributed by atoms with van der Waals surface area (Å²) in [7, 11) is 0. The zero-order valence-electron chi connectivity index (χ0n) is 16.9. The minimum Gasteiger partial charge on any atom is -0.475 e. The maximum atomic E-state index is 13.6. The first-order chi connectivity index (χ1) is 15.7. The van der Waals surface area contributed by atoms with Crippen LogP contribution in [0.25, 0.3) is 27.8 Å². The number of hydrogen-bond donors (Lipinski definition) is 1. The summed E-state index contributed by atoms with van der Waals surface area (Å²) in [6.07, 6.45) is 0. The van der Waals surface area contributed by atoms with Crippen LogP contribution in [-0.4, -0.2) is 38.9 Å². The van der Waals surface area contributed by atoms with Gasteiger partial charge in [-0.15, -0.1) is 15.3 Å². The molecule has 8 heteroatoms. The minimum atomic E-state index is -0.367. The topological polar surface area (TPSA) is 81.4 Å². The first kappa shape index (κ1) is 19.6. The summed E-state index contributed by atoms with van der Waals surface area (Å²) in [5, 5.41) is 17.5. The molecule has 0 bridgehead atoms. The van der Waals surface area contributed by atoms with E-state index in [9.17, 15) is 9.18 Å². The molecule has 0 spiro atoms. The van der Waals surface area contributed by atoms with E-state index in [2.05, 4.69) is 20.6 Å². The summed E-state index contributed by atoms with van der Waals surface area (Å²) in [5.41, 5.74) is 1.67. The highest BCUT2D eigenvalue weighted by molar-refractivity contribution is 5.98. The van der Waals surface area contributed by atoms with Crippen LogP contribution in [0.2, 0.25) is 0 Å². The highest BCUT2D eigenvalue weighted by Crippen LogP contribution is 2.20. The Morgan fingerprint density at radius 1 is 0.938 bits per heavy atom. The van der Waals surface area contributed by atoms with Crippen molar-refractivity contribution in [2.45, 2.75) is 0 Å². The number of aromatic nitrogens is 4. The minimum absolute atomic E-state index is 0.171. The number of nitrogens with one attached hydrogen (secondary N) is 1. The molecule has 5 aromatic rings. The molecule has 2 aromatic heterocycles. The molecule has 0 saturated heterocycles. The van der Waals surface area contributed by atoms with E-state index in [0.717, 1.165) is 10.8 Å². The maximum Gasteiger partial charge on any atom is 0.251 e. The molecule has 2 heterocycles. The lowest BCUT2D eigenvalue weighted by molar-refractivity contribution is 0.0946. The van der Waals surface area contributed by atoms with E-state index in [1.165, 1.54) is 16.6 Å². The van der Waals surface area contributed by atoms with Crippen molar-refractivity contribution in [2.24, 2.45) is 0 Å². The van der Waals surface area contributed by atoms with E-state index in [4.69, 9.17) is 4.74 Å². The van der Waals surface area contributed by atoms with Crippen molar-refractivity contribution in [1.82, 2.24) is 25.1 Å². The third-order valence-corrected chi connectivity index (χ3v) is 4.97. The second-order valence-electron chi connectivity index (χ2n) is 7.14. The van der Waals surface area contributed by atoms with E-state index in [1.807, 2.05) is 36.4 Å². The Kier molecular flexibility index (Phi) is 5.17. The molecule has 1 amide bonds. The van der Waals surface area contributed by atoms with Crippen molar-refractivity contribution in [3.63, 3.8) is 0 Å². The van der Waals surface area contributed by atoms with Crippen molar-refractivity contribution >= 4 is 22.3 Å². The lowest BCUT2D eigenvalue weighted by Gasteiger charge is -2.08. The molecular formula is C24H18FN5O2. The smallest absolute Gasteiger partial charge is 0.251 e.